The molecule has 0 spiro atoms. The van der Waals surface area contributed by atoms with Crippen molar-refractivity contribution >= 4 is 11.3 Å². The summed E-state index contributed by atoms with van der Waals surface area (Å²) in [5.74, 6) is 0. The van der Waals surface area contributed by atoms with Crippen LogP contribution < -0.4 is 17.0 Å². The largest absolute Gasteiger partial charge is 2.00 e. The standard InChI is InChI=1S/C5H5S.BrH.Zn/c1-5-3-2-4-6-5;;/h2-3H,1H3;1H;/q-1;;+2/p-1. The molecular weight excluding hydrogens is 237 g/mol. The van der Waals surface area contributed by atoms with Gasteiger partial charge < -0.3 is 28.3 Å². The third-order valence-electron chi connectivity index (χ3n) is 0.606. The van der Waals surface area contributed by atoms with Gasteiger partial charge in [-0.1, -0.05) is 6.92 Å². The van der Waals surface area contributed by atoms with Crippen molar-refractivity contribution in [1.29, 1.82) is 0 Å². The van der Waals surface area contributed by atoms with Gasteiger partial charge in [0.15, 0.2) is 0 Å². The Morgan fingerprint density at radius 2 is 2.25 bits per heavy atom. The number of thiophene rings is 1. The summed E-state index contributed by atoms with van der Waals surface area (Å²) in [6, 6.07) is 3.98. The van der Waals surface area contributed by atoms with Gasteiger partial charge in [-0.15, -0.1) is 5.38 Å². The molecule has 3 heteroatoms. The van der Waals surface area contributed by atoms with Gasteiger partial charge in [0.1, 0.15) is 0 Å². The first-order valence-electron chi connectivity index (χ1n) is 1.82. The molecular formula is C5H5BrSZn. The van der Waals surface area contributed by atoms with Crippen molar-refractivity contribution in [2.45, 2.75) is 6.92 Å². The van der Waals surface area contributed by atoms with Crippen LogP contribution in [0.15, 0.2) is 12.1 Å². The third kappa shape index (κ3) is 3.76. The minimum atomic E-state index is 0. The van der Waals surface area contributed by atoms with Crippen molar-refractivity contribution in [3.8, 4) is 0 Å². The second kappa shape index (κ2) is 5.93. The number of hydrogen-bond donors (Lipinski definition) is 0. The van der Waals surface area contributed by atoms with E-state index in [1.165, 1.54) is 4.88 Å². The van der Waals surface area contributed by atoms with E-state index in [9.17, 15) is 0 Å². The summed E-state index contributed by atoms with van der Waals surface area (Å²) in [6.45, 7) is 2.07. The Hall–Kier alpha value is 0.803. The van der Waals surface area contributed by atoms with Crippen LogP contribution in [0.2, 0.25) is 0 Å². The van der Waals surface area contributed by atoms with Crippen LogP contribution >= 0.6 is 11.3 Å². The zero-order valence-corrected chi connectivity index (χ0v) is 10.0. The molecule has 0 nitrogen and oxygen atoms in total. The Labute approximate surface area is 76.8 Å². The fourth-order valence-corrected chi connectivity index (χ4v) is 0.770. The van der Waals surface area contributed by atoms with Crippen LogP contribution in [-0.2, 0) is 19.5 Å². The van der Waals surface area contributed by atoms with Crippen LogP contribution in [0.1, 0.15) is 4.88 Å². The maximum atomic E-state index is 2.97. The van der Waals surface area contributed by atoms with Crippen LogP contribution in [0.5, 0.6) is 0 Å². The van der Waals surface area contributed by atoms with Gasteiger partial charge in [0.2, 0.25) is 0 Å². The average molecular weight is 242 g/mol. The maximum absolute atomic E-state index is 2.97. The van der Waals surface area contributed by atoms with Crippen molar-refractivity contribution < 1.29 is 36.5 Å². The molecule has 8 heavy (non-hydrogen) atoms. The first kappa shape index (κ1) is 11.6. The zero-order valence-electron chi connectivity index (χ0n) is 4.65. The molecule has 1 rings (SSSR count). The second-order valence-electron chi connectivity index (χ2n) is 1.16. The predicted octanol–water partition coefficient (Wildman–Crippen LogP) is -1.14. The Balaban J connectivity index is 0. The number of hydrogen-bond acceptors (Lipinski definition) is 1. The minimum Gasteiger partial charge on any atom is -1.00 e. The topological polar surface area (TPSA) is 0 Å². The smallest absolute Gasteiger partial charge is 1.00 e. The summed E-state index contributed by atoms with van der Waals surface area (Å²) in [4.78, 5) is 1.33. The van der Waals surface area contributed by atoms with E-state index in [1.807, 2.05) is 12.1 Å². The molecule has 1 aromatic heterocycles. The summed E-state index contributed by atoms with van der Waals surface area (Å²) in [5, 5.41) is 2.97. The summed E-state index contributed by atoms with van der Waals surface area (Å²) in [5.41, 5.74) is 0. The summed E-state index contributed by atoms with van der Waals surface area (Å²) < 4.78 is 0. The predicted molar refractivity (Wildman–Crippen MR) is 27.9 cm³/mol. The Bertz CT molecular complexity index is 116. The fourth-order valence-electron chi connectivity index (χ4n) is 0.312. The molecule has 0 bridgehead atoms. The Morgan fingerprint density at radius 3 is 2.38 bits per heavy atom. The van der Waals surface area contributed by atoms with E-state index in [0.717, 1.165) is 0 Å². The molecule has 1 heterocycles. The first-order valence-corrected chi connectivity index (χ1v) is 2.64. The van der Waals surface area contributed by atoms with Crippen molar-refractivity contribution in [2.75, 3.05) is 0 Å². The van der Waals surface area contributed by atoms with Crippen LogP contribution in [0.3, 0.4) is 0 Å². The van der Waals surface area contributed by atoms with E-state index >= 15 is 0 Å². The molecule has 0 unspecified atom stereocenters. The van der Waals surface area contributed by atoms with Crippen molar-refractivity contribution in [2.24, 2.45) is 0 Å². The van der Waals surface area contributed by atoms with Crippen molar-refractivity contribution in [3.63, 3.8) is 0 Å². The van der Waals surface area contributed by atoms with Gasteiger partial charge in [-0.25, -0.2) is 6.07 Å². The molecule has 0 fully saturated rings. The van der Waals surface area contributed by atoms with Gasteiger partial charge in [-0.3, -0.25) is 0 Å². The molecule has 0 aromatic carbocycles. The van der Waals surface area contributed by atoms with E-state index in [-0.39, 0.29) is 36.5 Å². The minimum absolute atomic E-state index is 0. The van der Waals surface area contributed by atoms with E-state index in [0.29, 0.717) is 0 Å². The monoisotopic (exact) mass is 240 g/mol. The Morgan fingerprint density at radius 1 is 1.62 bits per heavy atom. The van der Waals surface area contributed by atoms with Gasteiger partial charge in [-0.2, -0.15) is 10.9 Å². The summed E-state index contributed by atoms with van der Waals surface area (Å²) in [6.07, 6.45) is 0. The van der Waals surface area contributed by atoms with Crippen LogP contribution in [-0.4, -0.2) is 0 Å². The van der Waals surface area contributed by atoms with Crippen LogP contribution in [0, 0.1) is 12.3 Å². The molecule has 0 aliphatic heterocycles. The molecule has 0 saturated carbocycles. The van der Waals surface area contributed by atoms with Crippen molar-refractivity contribution in [3.05, 3.63) is 22.4 Å². The molecule has 0 amide bonds. The second-order valence-corrected chi connectivity index (χ2v) is 2.25. The summed E-state index contributed by atoms with van der Waals surface area (Å²) in [7, 11) is 0. The van der Waals surface area contributed by atoms with Crippen LogP contribution in [0.4, 0.5) is 0 Å². The SMILES string of the molecule is Cc1cc[c-]s1.[Br-].[Zn+2]. The zero-order chi connectivity index (χ0) is 4.41. The average Bonchev–Trinajstić information content (AvgIpc) is 1.86. The number of halogens is 1. The fraction of sp³-hybridized carbons (Fsp3) is 0.200. The molecule has 0 N–H and O–H groups in total. The molecule has 0 atom stereocenters. The number of rotatable bonds is 0. The molecule has 0 radical (unpaired) electrons. The van der Waals surface area contributed by atoms with E-state index in [2.05, 4.69) is 12.3 Å². The van der Waals surface area contributed by atoms with Gasteiger partial charge in [-0.05, 0) is 0 Å². The van der Waals surface area contributed by atoms with E-state index < -0.39 is 0 Å². The molecule has 0 aliphatic carbocycles. The molecule has 40 valence electrons. The Kier molecular flexibility index (Phi) is 8.59. The maximum Gasteiger partial charge on any atom is 2.00 e. The summed E-state index contributed by atoms with van der Waals surface area (Å²) >= 11 is 1.65. The quantitative estimate of drug-likeness (QED) is 0.398. The van der Waals surface area contributed by atoms with Crippen LogP contribution in [0.25, 0.3) is 0 Å². The van der Waals surface area contributed by atoms with E-state index in [1.54, 1.807) is 11.3 Å². The first-order chi connectivity index (χ1) is 2.89. The van der Waals surface area contributed by atoms with Gasteiger partial charge >= 0.3 is 19.5 Å². The molecule has 0 saturated heterocycles. The normalized spacial score (nSPS) is 6.62. The number of aryl methyl sites for hydroxylation is 1. The third-order valence-corrected chi connectivity index (χ3v) is 1.32. The van der Waals surface area contributed by atoms with Gasteiger partial charge in [0.25, 0.3) is 0 Å². The van der Waals surface area contributed by atoms with Gasteiger partial charge in [0.05, 0.1) is 0 Å². The molecule has 1 aromatic rings. The van der Waals surface area contributed by atoms with E-state index in [4.69, 9.17) is 0 Å². The van der Waals surface area contributed by atoms with Gasteiger partial charge in [0, 0.05) is 0 Å². The molecule has 0 aliphatic rings. The van der Waals surface area contributed by atoms with Crippen molar-refractivity contribution in [1.82, 2.24) is 0 Å².